The molecule has 0 aliphatic carbocycles. The van der Waals surface area contributed by atoms with Gasteiger partial charge in [0.25, 0.3) is 0 Å². The molecular weight excluding hydrogens is 408 g/mol. The molecule has 1 aromatic heterocycles. The lowest BCUT2D eigenvalue weighted by Gasteiger charge is -2.08. The van der Waals surface area contributed by atoms with Crippen molar-refractivity contribution in [2.45, 2.75) is 11.8 Å². The van der Waals surface area contributed by atoms with Gasteiger partial charge in [-0.15, -0.1) is 11.8 Å². The smallest absolute Gasteiger partial charge is 0.338 e. The van der Waals surface area contributed by atoms with E-state index in [9.17, 15) is 9.59 Å². The molecule has 4 aromatic rings. The van der Waals surface area contributed by atoms with Gasteiger partial charge in [0.1, 0.15) is 0 Å². The first-order chi connectivity index (χ1) is 15.2. The van der Waals surface area contributed by atoms with Gasteiger partial charge in [-0.25, -0.2) is 4.79 Å². The van der Waals surface area contributed by atoms with E-state index in [1.54, 1.807) is 31.2 Å². The molecule has 5 nitrogen and oxygen atoms in total. The van der Waals surface area contributed by atoms with E-state index < -0.39 is 0 Å². The number of rotatable bonds is 7. The van der Waals surface area contributed by atoms with Gasteiger partial charge in [-0.05, 0) is 42.8 Å². The van der Waals surface area contributed by atoms with E-state index in [2.05, 4.69) is 28.5 Å². The number of ether oxygens (including phenoxy) is 1. The van der Waals surface area contributed by atoms with Crippen LogP contribution < -0.4 is 5.32 Å². The standard InChI is InChI=1S/C25H22N2O3S/c1-2-30-25(29)18-12-14-19(15-13-18)26-22(28)16-31-24-20-10-6-7-11-21(20)27-23(24)17-8-4-3-5-9-17/h3-15,27H,2,16H2,1H3,(H,26,28). The number of para-hydroxylation sites is 1. The van der Waals surface area contributed by atoms with Gasteiger partial charge in [-0.2, -0.15) is 0 Å². The number of aromatic nitrogens is 1. The van der Waals surface area contributed by atoms with Crippen LogP contribution >= 0.6 is 11.8 Å². The highest BCUT2D eigenvalue weighted by Crippen LogP contribution is 2.37. The molecule has 0 saturated carbocycles. The van der Waals surface area contributed by atoms with Crippen LogP contribution in [0.1, 0.15) is 17.3 Å². The van der Waals surface area contributed by atoms with Crippen LogP contribution in [0.2, 0.25) is 0 Å². The van der Waals surface area contributed by atoms with Crippen LogP contribution in [-0.4, -0.2) is 29.2 Å². The SMILES string of the molecule is CCOC(=O)c1ccc(NC(=O)CSc2c(-c3ccccc3)[nH]c3ccccc23)cc1. The Morgan fingerprint density at radius 3 is 2.39 bits per heavy atom. The summed E-state index contributed by atoms with van der Waals surface area (Å²) in [5.41, 5.74) is 4.23. The second-order valence-electron chi connectivity index (χ2n) is 6.88. The number of hydrogen-bond acceptors (Lipinski definition) is 4. The summed E-state index contributed by atoms with van der Waals surface area (Å²) in [5.74, 6) is -0.219. The summed E-state index contributed by atoms with van der Waals surface area (Å²) in [6.07, 6.45) is 0. The summed E-state index contributed by atoms with van der Waals surface area (Å²) in [4.78, 5) is 28.9. The molecule has 0 unspecified atom stereocenters. The molecule has 31 heavy (non-hydrogen) atoms. The molecule has 156 valence electrons. The monoisotopic (exact) mass is 430 g/mol. The van der Waals surface area contributed by atoms with Gasteiger partial charge in [-0.1, -0.05) is 48.5 Å². The highest BCUT2D eigenvalue weighted by molar-refractivity contribution is 8.00. The molecule has 0 radical (unpaired) electrons. The summed E-state index contributed by atoms with van der Waals surface area (Å²) in [6, 6.07) is 24.9. The van der Waals surface area contributed by atoms with Crippen LogP contribution in [0.25, 0.3) is 22.2 Å². The minimum absolute atomic E-state index is 0.113. The Hall–Kier alpha value is -3.51. The first-order valence-corrected chi connectivity index (χ1v) is 11.0. The zero-order valence-electron chi connectivity index (χ0n) is 17.1. The highest BCUT2D eigenvalue weighted by Gasteiger charge is 2.15. The normalized spacial score (nSPS) is 10.7. The van der Waals surface area contributed by atoms with Crippen molar-refractivity contribution in [2.75, 3.05) is 17.7 Å². The summed E-state index contributed by atoms with van der Waals surface area (Å²) >= 11 is 1.50. The fourth-order valence-electron chi connectivity index (χ4n) is 3.31. The molecule has 2 N–H and O–H groups in total. The maximum atomic E-state index is 12.6. The number of nitrogens with one attached hydrogen (secondary N) is 2. The molecule has 6 heteroatoms. The molecule has 0 bridgehead atoms. The molecular formula is C25H22N2O3S. The van der Waals surface area contributed by atoms with Crippen molar-refractivity contribution in [3.63, 3.8) is 0 Å². The molecule has 0 aliphatic rings. The van der Waals surface area contributed by atoms with Crippen molar-refractivity contribution in [1.82, 2.24) is 4.98 Å². The highest BCUT2D eigenvalue weighted by atomic mass is 32.2. The van der Waals surface area contributed by atoms with E-state index in [0.29, 0.717) is 17.9 Å². The van der Waals surface area contributed by atoms with Crippen LogP contribution in [0.15, 0.2) is 83.8 Å². The lowest BCUT2D eigenvalue weighted by atomic mass is 10.1. The number of amides is 1. The number of hydrogen-bond donors (Lipinski definition) is 2. The van der Waals surface area contributed by atoms with Gasteiger partial charge in [0.15, 0.2) is 0 Å². The third-order valence-electron chi connectivity index (χ3n) is 4.75. The zero-order valence-corrected chi connectivity index (χ0v) is 17.9. The molecule has 0 spiro atoms. The van der Waals surface area contributed by atoms with Crippen molar-refractivity contribution in [1.29, 1.82) is 0 Å². The molecule has 0 atom stereocenters. The average Bonchev–Trinajstić information content (AvgIpc) is 3.17. The van der Waals surface area contributed by atoms with Crippen LogP contribution in [0.5, 0.6) is 0 Å². The van der Waals surface area contributed by atoms with E-state index >= 15 is 0 Å². The largest absolute Gasteiger partial charge is 0.462 e. The lowest BCUT2D eigenvalue weighted by molar-refractivity contribution is -0.113. The quantitative estimate of drug-likeness (QED) is 0.290. The minimum atomic E-state index is -0.372. The second-order valence-corrected chi connectivity index (χ2v) is 7.86. The molecule has 4 rings (SSSR count). The van der Waals surface area contributed by atoms with Crippen molar-refractivity contribution in [2.24, 2.45) is 0 Å². The number of carbonyl (C=O) groups is 2. The van der Waals surface area contributed by atoms with E-state index in [4.69, 9.17) is 4.74 Å². The third-order valence-corrected chi connectivity index (χ3v) is 5.87. The van der Waals surface area contributed by atoms with Crippen LogP contribution in [-0.2, 0) is 9.53 Å². The Balaban J connectivity index is 1.48. The zero-order chi connectivity index (χ0) is 21.6. The average molecular weight is 431 g/mol. The number of anilines is 1. The number of fused-ring (bicyclic) bond motifs is 1. The third kappa shape index (κ3) is 4.81. The first kappa shape index (κ1) is 20.8. The van der Waals surface area contributed by atoms with Gasteiger partial charge in [0, 0.05) is 21.5 Å². The van der Waals surface area contributed by atoms with E-state index in [0.717, 1.165) is 27.1 Å². The van der Waals surface area contributed by atoms with E-state index in [-0.39, 0.29) is 17.6 Å². The van der Waals surface area contributed by atoms with Gasteiger partial charge in [0.2, 0.25) is 5.91 Å². The molecule has 0 fully saturated rings. The fraction of sp³-hybridized carbons (Fsp3) is 0.120. The van der Waals surface area contributed by atoms with Gasteiger partial charge in [-0.3, -0.25) is 4.79 Å². The van der Waals surface area contributed by atoms with Crippen molar-refractivity contribution in [3.8, 4) is 11.3 Å². The Bertz CT molecular complexity index is 1200. The molecule has 3 aromatic carbocycles. The van der Waals surface area contributed by atoms with Gasteiger partial charge in [0.05, 0.1) is 23.6 Å². The van der Waals surface area contributed by atoms with Crippen molar-refractivity contribution >= 4 is 40.2 Å². The van der Waals surface area contributed by atoms with Crippen LogP contribution in [0, 0.1) is 0 Å². The number of benzene rings is 3. The number of carbonyl (C=O) groups excluding carboxylic acids is 2. The van der Waals surface area contributed by atoms with Crippen molar-refractivity contribution < 1.29 is 14.3 Å². The predicted octanol–water partition coefficient (Wildman–Crippen LogP) is 5.74. The van der Waals surface area contributed by atoms with Gasteiger partial charge < -0.3 is 15.0 Å². The fourth-order valence-corrected chi connectivity index (χ4v) is 4.31. The Morgan fingerprint density at radius 2 is 1.65 bits per heavy atom. The predicted molar refractivity (Wildman–Crippen MR) is 125 cm³/mol. The maximum Gasteiger partial charge on any atom is 0.338 e. The lowest BCUT2D eigenvalue weighted by Crippen LogP contribution is -2.14. The molecule has 0 saturated heterocycles. The first-order valence-electron chi connectivity index (χ1n) is 10.0. The molecule has 0 aliphatic heterocycles. The van der Waals surface area contributed by atoms with Crippen molar-refractivity contribution in [3.05, 3.63) is 84.4 Å². The maximum absolute atomic E-state index is 12.6. The second kappa shape index (κ2) is 9.53. The number of thioether (sulfide) groups is 1. The summed E-state index contributed by atoms with van der Waals surface area (Å²) in [7, 11) is 0. The summed E-state index contributed by atoms with van der Waals surface area (Å²) in [5, 5.41) is 3.98. The number of esters is 1. The van der Waals surface area contributed by atoms with Crippen LogP contribution in [0.4, 0.5) is 5.69 Å². The molecule has 1 amide bonds. The Labute approximate surface area is 184 Å². The van der Waals surface area contributed by atoms with Gasteiger partial charge >= 0.3 is 5.97 Å². The Kier molecular flexibility index (Phi) is 6.38. The van der Waals surface area contributed by atoms with Crippen LogP contribution in [0.3, 0.4) is 0 Å². The van der Waals surface area contributed by atoms with E-state index in [1.807, 2.05) is 36.4 Å². The topological polar surface area (TPSA) is 71.2 Å². The Morgan fingerprint density at radius 1 is 0.935 bits per heavy atom. The summed E-state index contributed by atoms with van der Waals surface area (Å²) in [6.45, 7) is 2.09. The number of H-pyrrole nitrogens is 1. The van der Waals surface area contributed by atoms with E-state index in [1.165, 1.54) is 11.8 Å². The number of aromatic amines is 1. The molecule has 1 heterocycles. The minimum Gasteiger partial charge on any atom is -0.462 e. The summed E-state index contributed by atoms with van der Waals surface area (Å²) < 4.78 is 4.98.